The summed E-state index contributed by atoms with van der Waals surface area (Å²) in [5.74, 6) is 0.321. The number of carbonyl (C=O) groups excluding carboxylic acids is 2. The Hall–Kier alpha value is -3.55. The molecule has 1 aromatic carbocycles. The SMILES string of the molecule is CC.CC.COC(=O)c1cnc(N)c2[nH]c(-c3ccc(C(=O)N4CCC4)cc3OC)cc12. The summed E-state index contributed by atoms with van der Waals surface area (Å²) in [5, 5.41) is 0.608. The lowest BCUT2D eigenvalue weighted by atomic mass is 10.0. The van der Waals surface area contributed by atoms with E-state index < -0.39 is 5.97 Å². The number of aromatic amines is 1. The standard InChI is InChI=1S/C20H20N4O4.2C2H6/c1-27-16-8-11(19(25)24-6-3-7-24)4-5-12(16)15-9-13-14(20(26)28-2)10-22-18(21)17(13)23-15;2*1-2/h4-5,8-10,23H,3,6-7H2,1-2H3,(H2,21,22);2*1-2H3. The van der Waals surface area contributed by atoms with Gasteiger partial charge in [0.2, 0.25) is 0 Å². The smallest absolute Gasteiger partial charge is 0.340 e. The number of hydrogen-bond donors (Lipinski definition) is 2. The number of aromatic nitrogens is 2. The molecule has 0 atom stereocenters. The summed E-state index contributed by atoms with van der Waals surface area (Å²) in [6, 6.07) is 7.11. The second-order valence-corrected chi connectivity index (χ2v) is 6.58. The molecule has 4 rings (SSSR count). The first-order valence-electron chi connectivity index (χ1n) is 10.9. The van der Waals surface area contributed by atoms with Crippen LogP contribution < -0.4 is 10.5 Å². The van der Waals surface area contributed by atoms with Crippen molar-refractivity contribution in [2.75, 3.05) is 33.0 Å². The molecule has 8 nitrogen and oxygen atoms in total. The van der Waals surface area contributed by atoms with Crippen molar-refractivity contribution in [1.29, 1.82) is 0 Å². The number of likely N-dealkylation sites (tertiary alicyclic amines) is 1. The number of nitrogens with zero attached hydrogens (tertiary/aromatic N) is 2. The van der Waals surface area contributed by atoms with Crippen LogP contribution in [0.15, 0.2) is 30.5 Å². The van der Waals surface area contributed by atoms with Crippen LogP contribution in [0.25, 0.3) is 22.2 Å². The molecule has 0 aliphatic carbocycles. The predicted octanol–water partition coefficient (Wildman–Crippen LogP) is 4.51. The number of rotatable bonds is 4. The van der Waals surface area contributed by atoms with Crippen LogP contribution in [-0.4, -0.2) is 54.1 Å². The highest BCUT2D eigenvalue weighted by atomic mass is 16.5. The third kappa shape index (κ3) is 4.69. The minimum Gasteiger partial charge on any atom is -0.496 e. The zero-order valence-corrected chi connectivity index (χ0v) is 19.6. The van der Waals surface area contributed by atoms with E-state index in [1.54, 1.807) is 30.2 Å². The Bertz CT molecular complexity index is 1090. The number of amides is 1. The minimum absolute atomic E-state index is 0.00540. The fraction of sp³-hybridized carbons (Fsp3) is 0.375. The van der Waals surface area contributed by atoms with Crippen molar-refractivity contribution in [3.05, 3.63) is 41.6 Å². The van der Waals surface area contributed by atoms with Crippen molar-refractivity contribution in [3.63, 3.8) is 0 Å². The highest BCUT2D eigenvalue weighted by molar-refractivity contribution is 6.07. The van der Waals surface area contributed by atoms with Crippen molar-refractivity contribution in [2.45, 2.75) is 34.1 Å². The van der Waals surface area contributed by atoms with E-state index in [0.717, 1.165) is 25.1 Å². The fourth-order valence-electron chi connectivity index (χ4n) is 3.30. The zero-order valence-electron chi connectivity index (χ0n) is 19.6. The Morgan fingerprint density at radius 2 is 1.78 bits per heavy atom. The predicted molar refractivity (Wildman–Crippen MR) is 127 cm³/mol. The fourth-order valence-corrected chi connectivity index (χ4v) is 3.30. The molecule has 1 amide bonds. The maximum absolute atomic E-state index is 12.5. The molecule has 3 heterocycles. The number of nitrogens with one attached hydrogen (secondary N) is 1. The van der Waals surface area contributed by atoms with Crippen LogP contribution in [0.4, 0.5) is 5.82 Å². The van der Waals surface area contributed by atoms with Gasteiger partial charge in [-0.3, -0.25) is 4.79 Å². The molecule has 0 saturated carbocycles. The molecule has 32 heavy (non-hydrogen) atoms. The Morgan fingerprint density at radius 1 is 1.09 bits per heavy atom. The summed E-state index contributed by atoms with van der Waals surface area (Å²) in [6.07, 6.45) is 2.43. The summed E-state index contributed by atoms with van der Waals surface area (Å²) < 4.78 is 10.3. The number of nitrogen functional groups attached to an aromatic ring is 1. The van der Waals surface area contributed by atoms with Gasteiger partial charge in [0.15, 0.2) is 0 Å². The molecule has 2 aromatic heterocycles. The Morgan fingerprint density at radius 3 is 2.34 bits per heavy atom. The molecule has 1 aliphatic heterocycles. The van der Waals surface area contributed by atoms with Gasteiger partial charge in [0, 0.05) is 35.8 Å². The van der Waals surface area contributed by atoms with Gasteiger partial charge in [0.05, 0.1) is 31.0 Å². The number of benzene rings is 1. The van der Waals surface area contributed by atoms with E-state index in [-0.39, 0.29) is 11.7 Å². The lowest BCUT2D eigenvalue weighted by Gasteiger charge is -2.31. The third-order valence-electron chi connectivity index (χ3n) is 4.98. The highest BCUT2D eigenvalue weighted by Crippen LogP contribution is 2.35. The largest absolute Gasteiger partial charge is 0.496 e. The highest BCUT2D eigenvalue weighted by Gasteiger charge is 2.23. The van der Waals surface area contributed by atoms with Gasteiger partial charge >= 0.3 is 5.97 Å². The van der Waals surface area contributed by atoms with Crippen molar-refractivity contribution < 1.29 is 19.1 Å². The van der Waals surface area contributed by atoms with Crippen LogP contribution in [-0.2, 0) is 4.74 Å². The average molecular weight is 441 g/mol. The molecule has 0 unspecified atom stereocenters. The Kier molecular flexibility index (Phi) is 8.63. The molecule has 172 valence electrons. The van der Waals surface area contributed by atoms with E-state index in [9.17, 15) is 9.59 Å². The molecular weight excluding hydrogens is 408 g/mol. The number of anilines is 1. The molecule has 0 bridgehead atoms. The van der Waals surface area contributed by atoms with Gasteiger partial charge in [-0.2, -0.15) is 0 Å². The Labute approximate surface area is 188 Å². The van der Waals surface area contributed by atoms with Crippen LogP contribution in [0.5, 0.6) is 5.75 Å². The van der Waals surface area contributed by atoms with E-state index in [1.165, 1.54) is 13.3 Å². The van der Waals surface area contributed by atoms with Crippen molar-refractivity contribution in [2.24, 2.45) is 0 Å². The number of carbonyl (C=O) groups is 2. The van der Waals surface area contributed by atoms with Crippen LogP contribution in [0.3, 0.4) is 0 Å². The molecule has 1 aliphatic rings. The topological polar surface area (TPSA) is 111 Å². The molecule has 1 saturated heterocycles. The molecule has 0 radical (unpaired) electrons. The first-order chi connectivity index (χ1) is 15.5. The molecule has 1 fully saturated rings. The zero-order chi connectivity index (χ0) is 23.8. The summed E-state index contributed by atoms with van der Waals surface area (Å²) in [4.78, 5) is 33.6. The van der Waals surface area contributed by atoms with E-state index in [2.05, 4.69) is 9.97 Å². The average Bonchev–Trinajstić information content (AvgIpc) is 3.26. The maximum Gasteiger partial charge on any atom is 0.340 e. The quantitative estimate of drug-likeness (QED) is 0.578. The van der Waals surface area contributed by atoms with Gasteiger partial charge in [-0.25, -0.2) is 9.78 Å². The van der Waals surface area contributed by atoms with Crippen molar-refractivity contribution in [1.82, 2.24) is 14.9 Å². The number of methoxy groups -OCH3 is 2. The van der Waals surface area contributed by atoms with Gasteiger partial charge in [-0.15, -0.1) is 0 Å². The number of esters is 1. The minimum atomic E-state index is -0.495. The second kappa shape index (κ2) is 11.2. The van der Waals surface area contributed by atoms with E-state index in [0.29, 0.717) is 33.5 Å². The monoisotopic (exact) mass is 440 g/mol. The van der Waals surface area contributed by atoms with Crippen LogP contribution >= 0.6 is 0 Å². The van der Waals surface area contributed by atoms with Crippen LogP contribution in [0.2, 0.25) is 0 Å². The van der Waals surface area contributed by atoms with Crippen LogP contribution in [0.1, 0.15) is 54.8 Å². The lowest BCUT2D eigenvalue weighted by molar-refractivity contribution is 0.0601. The third-order valence-corrected chi connectivity index (χ3v) is 4.98. The molecule has 8 heteroatoms. The number of pyridine rings is 1. The van der Waals surface area contributed by atoms with Crippen molar-refractivity contribution >= 4 is 28.6 Å². The number of ether oxygens (including phenoxy) is 2. The first-order valence-corrected chi connectivity index (χ1v) is 10.9. The van der Waals surface area contributed by atoms with E-state index in [4.69, 9.17) is 15.2 Å². The van der Waals surface area contributed by atoms with Crippen molar-refractivity contribution in [3.8, 4) is 17.0 Å². The number of nitrogens with two attached hydrogens (primary N) is 1. The molecular formula is C24H32N4O4. The number of fused-ring (bicyclic) bond motifs is 1. The van der Waals surface area contributed by atoms with E-state index >= 15 is 0 Å². The van der Waals surface area contributed by atoms with Gasteiger partial charge in [0.1, 0.15) is 11.6 Å². The summed E-state index contributed by atoms with van der Waals surface area (Å²) in [5.41, 5.74) is 8.85. The lowest BCUT2D eigenvalue weighted by Crippen LogP contribution is -2.42. The summed E-state index contributed by atoms with van der Waals surface area (Å²) >= 11 is 0. The van der Waals surface area contributed by atoms with Gasteiger partial charge in [0.25, 0.3) is 5.91 Å². The Balaban J connectivity index is 0.000000860. The normalized spacial score (nSPS) is 12.0. The molecule has 3 aromatic rings. The maximum atomic E-state index is 12.5. The second-order valence-electron chi connectivity index (χ2n) is 6.58. The van der Waals surface area contributed by atoms with Gasteiger partial charge in [-0.1, -0.05) is 27.7 Å². The number of H-pyrrole nitrogens is 1. The first kappa shape index (κ1) is 24.7. The van der Waals surface area contributed by atoms with Gasteiger partial charge < -0.3 is 25.1 Å². The van der Waals surface area contributed by atoms with Gasteiger partial charge in [-0.05, 0) is 30.7 Å². The number of hydrogen-bond acceptors (Lipinski definition) is 6. The molecule has 3 N–H and O–H groups in total. The van der Waals surface area contributed by atoms with Crippen LogP contribution in [0, 0.1) is 0 Å². The molecule has 0 spiro atoms. The van der Waals surface area contributed by atoms with E-state index in [1.807, 2.05) is 33.8 Å². The summed E-state index contributed by atoms with van der Waals surface area (Å²) in [6.45, 7) is 9.57. The summed E-state index contributed by atoms with van der Waals surface area (Å²) in [7, 11) is 2.87.